The van der Waals surface area contributed by atoms with E-state index in [1.807, 2.05) is 13.8 Å². The molecule has 0 heterocycles. The van der Waals surface area contributed by atoms with Gasteiger partial charge in [0.25, 0.3) is 5.91 Å². The molecule has 6 heteroatoms. The van der Waals surface area contributed by atoms with E-state index in [1.165, 1.54) is 12.1 Å². The molecule has 0 saturated carbocycles. The van der Waals surface area contributed by atoms with Gasteiger partial charge in [0.05, 0.1) is 5.56 Å². The van der Waals surface area contributed by atoms with Crippen molar-refractivity contribution >= 4 is 23.5 Å². The zero-order chi connectivity index (χ0) is 17.8. The van der Waals surface area contributed by atoms with Crippen LogP contribution in [0.2, 0.25) is 5.02 Å². The minimum atomic E-state index is -0.922. The summed E-state index contributed by atoms with van der Waals surface area (Å²) in [6.07, 6.45) is 0.753. The number of carbonyl (C=O) groups excluding carboxylic acids is 2. The molecule has 0 aliphatic rings. The third kappa shape index (κ3) is 6.99. The van der Waals surface area contributed by atoms with Gasteiger partial charge in [-0.15, -0.1) is 0 Å². The first-order chi connectivity index (χ1) is 10.4. The Bertz CT molecular complexity index is 594. The number of esters is 1. The zero-order valence-corrected chi connectivity index (χ0v) is 14.9. The monoisotopic (exact) mass is 343 g/mol. The Morgan fingerprint density at radius 1 is 1.22 bits per heavy atom. The normalized spacial score (nSPS) is 12.0. The third-order valence-electron chi connectivity index (χ3n) is 2.93. The van der Waals surface area contributed by atoms with Gasteiger partial charge in [-0.3, -0.25) is 4.79 Å². The molecule has 1 aromatic carbocycles. The molecule has 0 saturated heterocycles. The molecule has 0 atom stereocenters. The number of hydrogen-bond acceptors (Lipinski definition) is 3. The number of nitrogens with one attached hydrogen (secondary N) is 1. The fourth-order valence-electron chi connectivity index (χ4n) is 2.65. The lowest BCUT2D eigenvalue weighted by Crippen LogP contribution is -2.47. The van der Waals surface area contributed by atoms with Crippen molar-refractivity contribution in [3.63, 3.8) is 0 Å². The average Bonchev–Trinajstić information content (AvgIpc) is 2.35. The Hall–Kier alpha value is -1.62. The van der Waals surface area contributed by atoms with E-state index in [9.17, 15) is 14.0 Å². The van der Waals surface area contributed by atoms with E-state index in [1.54, 1.807) is 0 Å². The largest absolute Gasteiger partial charge is 0.452 e. The lowest BCUT2D eigenvalue weighted by atomic mass is 9.82. The summed E-state index contributed by atoms with van der Waals surface area (Å²) in [5.41, 5.74) is -0.695. The van der Waals surface area contributed by atoms with Crippen LogP contribution >= 0.6 is 11.6 Å². The Morgan fingerprint density at radius 2 is 1.83 bits per heavy atom. The molecule has 4 nitrogen and oxygen atoms in total. The Kier molecular flexibility index (Phi) is 6.17. The molecule has 128 valence electrons. The maximum absolute atomic E-state index is 13.5. The predicted octanol–water partition coefficient (Wildman–Crippen LogP) is 3.97. The maximum Gasteiger partial charge on any atom is 0.341 e. The summed E-state index contributed by atoms with van der Waals surface area (Å²) >= 11 is 5.72. The highest BCUT2D eigenvalue weighted by molar-refractivity contribution is 6.30. The van der Waals surface area contributed by atoms with Crippen LogP contribution in [-0.4, -0.2) is 24.0 Å². The molecular weight excluding hydrogens is 321 g/mol. The van der Waals surface area contributed by atoms with E-state index >= 15 is 0 Å². The molecule has 0 fully saturated rings. The van der Waals surface area contributed by atoms with Crippen LogP contribution in [0, 0.1) is 11.2 Å². The van der Waals surface area contributed by atoms with Gasteiger partial charge >= 0.3 is 5.97 Å². The number of rotatable bonds is 5. The fourth-order valence-corrected chi connectivity index (χ4v) is 2.82. The summed E-state index contributed by atoms with van der Waals surface area (Å²) in [6.45, 7) is 9.54. The SMILES string of the molecule is CC(C)(C)CC(C)(C)NC(=O)COC(=O)c1cc(Cl)ccc1F. The van der Waals surface area contributed by atoms with E-state index < -0.39 is 29.8 Å². The average molecular weight is 344 g/mol. The number of amides is 1. The van der Waals surface area contributed by atoms with Crippen molar-refractivity contribution in [1.29, 1.82) is 0 Å². The van der Waals surface area contributed by atoms with E-state index in [0.29, 0.717) is 0 Å². The van der Waals surface area contributed by atoms with Crippen molar-refractivity contribution in [2.75, 3.05) is 6.61 Å². The first-order valence-corrected chi connectivity index (χ1v) is 7.71. The summed E-state index contributed by atoms with van der Waals surface area (Å²) in [5, 5.41) is 3.03. The molecule has 0 aromatic heterocycles. The lowest BCUT2D eigenvalue weighted by molar-refractivity contribution is -0.126. The fraction of sp³-hybridized carbons (Fsp3) is 0.529. The van der Waals surface area contributed by atoms with E-state index in [2.05, 4.69) is 26.1 Å². The zero-order valence-electron chi connectivity index (χ0n) is 14.1. The summed E-state index contributed by atoms with van der Waals surface area (Å²) in [5.74, 6) is -2.10. The number of halogens is 2. The predicted molar refractivity (Wildman–Crippen MR) is 88.0 cm³/mol. The molecule has 1 aromatic rings. The number of hydrogen-bond donors (Lipinski definition) is 1. The molecule has 0 bridgehead atoms. The van der Waals surface area contributed by atoms with Gasteiger partial charge < -0.3 is 10.1 Å². The topological polar surface area (TPSA) is 55.4 Å². The summed E-state index contributed by atoms with van der Waals surface area (Å²) in [4.78, 5) is 23.7. The van der Waals surface area contributed by atoms with Crippen LogP contribution in [0.25, 0.3) is 0 Å². The molecule has 0 spiro atoms. The van der Waals surface area contributed by atoms with Gasteiger partial charge in [0.15, 0.2) is 6.61 Å². The van der Waals surface area contributed by atoms with Crippen LogP contribution < -0.4 is 5.32 Å². The third-order valence-corrected chi connectivity index (χ3v) is 3.17. The number of benzene rings is 1. The van der Waals surface area contributed by atoms with Crippen LogP contribution in [0.3, 0.4) is 0 Å². The highest BCUT2D eigenvalue weighted by Crippen LogP contribution is 2.26. The highest BCUT2D eigenvalue weighted by Gasteiger charge is 2.27. The molecule has 0 unspecified atom stereocenters. The second-order valence-corrected chi connectivity index (χ2v) is 7.81. The minimum Gasteiger partial charge on any atom is -0.452 e. The Morgan fingerprint density at radius 3 is 2.39 bits per heavy atom. The molecule has 1 rings (SSSR count). The number of ether oxygens (including phenoxy) is 1. The van der Waals surface area contributed by atoms with Crippen molar-refractivity contribution < 1.29 is 18.7 Å². The second-order valence-electron chi connectivity index (χ2n) is 7.37. The quantitative estimate of drug-likeness (QED) is 0.823. The maximum atomic E-state index is 13.5. The first kappa shape index (κ1) is 19.4. The van der Waals surface area contributed by atoms with Gasteiger partial charge in [-0.1, -0.05) is 32.4 Å². The van der Waals surface area contributed by atoms with Crippen molar-refractivity contribution in [3.8, 4) is 0 Å². The van der Waals surface area contributed by atoms with Crippen LogP contribution in [0.4, 0.5) is 4.39 Å². The van der Waals surface area contributed by atoms with Crippen molar-refractivity contribution in [2.45, 2.75) is 46.6 Å². The Balaban J connectivity index is 2.59. The second kappa shape index (κ2) is 7.30. The van der Waals surface area contributed by atoms with E-state index in [0.717, 1.165) is 12.5 Å². The summed E-state index contributed by atoms with van der Waals surface area (Å²) in [7, 11) is 0. The minimum absolute atomic E-state index is 0.0391. The van der Waals surface area contributed by atoms with Gasteiger partial charge in [-0.2, -0.15) is 0 Å². The lowest BCUT2D eigenvalue weighted by Gasteiger charge is -2.33. The van der Waals surface area contributed by atoms with Gasteiger partial charge in [0, 0.05) is 10.6 Å². The summed E-state index contributed by atoms with van der Waals surface area (Å²) in [6, 6.07) is 3.57. The van der Waals surface area contributed by atoms with Crippen molar-refractivity contribution in [3.05, 3.63) is 34.6 Å². The van der Waals surface area contributed by atoms with Crippen LogP contribution in [0.1, 0.15) is 51.4 Å². The van der Waals surface area contributed by atoms with Gasteiger partial charge in [0.2, 0.25) is 0 Å². The van der Waals surface area contributed by atoms with E-state index in [-0.39, 0.29) is 16.0 Å². The van der Waals surface area contributed by atoms with Crippen LogP contribution in [-0.2, 0) is 9.53 Å². The van der Waals surface area contributed by atoms with Gasteiger partial charge in [0.1, 0.15) is 5.82 Å². The molecule has 0 aliphatic carbocycles. The van der Waals surface area contributed by atoms with Crippen LogP contribution in [0.5, 0.6) is 0 Å². The highest BCUT2D eigenvalue weighted by atomic mass is 35.5. The van der Waals surface area contributed by atoms with Gasteiger partial charge in [-0.05, 0) is 43.9 Å². The molecule has 1 amide bonds. The molecule has 0 radical (unpaired) electrons. The van der Waals surface area contributed by atoms with Gasteiger partial charge in [-0.25, -0.2) is 9.18 Å². The van der Waals surface area contributed by atoms with Crippen molar-refractivity contribution in [1.82, 2.24) is 5.32 Å². The molecule has 0 aliphatic heterocycles. The van der Waals surface area contributed by atoms with Crippen LogP contribution in [0.15, 0.2) is 18.2 Å². The molecular formula is C17H23ClFNO3. The molecule has 23 heavy (non-hydrogen) atoms. The van der Waals surface area contributed by atoms with E-state index in [4.69, 9.17) is 16.3 Å². The number of carbonyl (C=O) groups is 2. The summed E-state index contributed by atoms with van der Waals surface area (Å²) < 4.78 is 18.4. The smallest absolute Gasteiger partial charge is 0.341 e. The molecule has 1 N–H and O–H groups in total. The standard InChI is InChI=1S/C17H23ClFNO3/c1-16(2,3)10-17(4,5)20-14(21)9-23-15(22)12-8-11(18)6-7-13(12)19/h6-8H,9-10H2,1-5H3,(H,20,21). The Labute approximate surface area is 141 Å². The first-order valence-electron chi connectivity index (χ1n) is 7.33. The van der Waals surface area contributed by atoms with Crippen molar-refractivity contribution in [2.24, 2.45) is 5.41 Å².